The number of fused-ring (bicyclic) bond motifs is 1. The molecule has 0 saturated heterocycles. The van der Waals surface area contributed by atoms with Crippen LogP contribution >= 0.6 is 0 Å². The molecule has 0 amide bonds. The van der Waals surface area contributed by atoms with Gasteiger partial charge >= 0.3 is 5.97 Å². The molecular formula is C15H10N2O3. The Morgan fingerprint density at radius 1 is 1.00 bits per heavy atom. The minimum Gasteiger partial charge on any atom is -0.475 e. The zero-order valence-electron chi connectivity index (χ0n) is 10.4. The lowest BCUT2D eigenvalue weighted by Crippen LogP contribution is -2.26. The third-order valence-electron chi connectivity index (χ3n) is 2.98. The predicted molar refractivity (Wildman–Crippen MR) is 74.3 cm³/mol. The summed E-state index contributed by atoms with van der Waals surface area (Å²) in [4.78, 5) is 28.0. The summed E-state index contributed by atoms with van der Waals surface area (Å²) in [6.45, 7) is 0. The molecule has 1 N–H and O–H groups in total. The largest absolute Gasteiger partial charge is 0.475 e. The molecule has 0 fully saturated rings. The summed E-state index contributed by atoms with van der Waals surface area (Å²) < 4.78 is 1.12. The molecule has 0 spiro atoms. The van der Waals surface area contributed by atoms with Crippen LogP contribution in [0.15, 0.2) is 59.4 Å². The van der Waals surface area contributed by atoms with Crippen molar-refractivity contribution in [2.75, 3.05) is 0 Å². The Hall–Kier alpha value is -2.95. The van der Waals surface area contributed by atoms with Crippen molar-refractivity contribution in [3.63, 3.8) is 0 Å². The van der Waals surface area contributed by atoms with E-state index in [0.29, 0.717) is 16.6 Å². The van der Waals surface area contributed by atoms with Gasteiger partial charge < -0.3 is 5.11 Å². The number of nitrogens with zero attached hydrogens (tertiary/aromatic N) is 2. The summed E-state index contributed by atoms with van der Waals surface area (Å²) in [6.07, 6.45) is 0. The molecule has 2 aromatic carbocycles. The molecule has 0 aliphatic heterocycles. The SMILES string of the molecule is O=C(O)c1nc2ccccc2c(=O)n1-c1ccccc1. The molecule has 3 rings (SSSR count). The molecule has 20 heavy (non-hydrogen) atoms. The van der Waals surface area contributed by atoms with E-state index in [1.54, 1.807) is 54.6 Å². The van der Waals surface area contributed by atoms with Gasteiger partial charge in [-0.15, -0.1) is 0 Å². The molecule has 0 atom stereocenters. The van der Waals surface area contributed by atoms with Crippen molar-refractivity contribution < 1.29 is 9.90 Å². The lowest BCUT2D eigenvalue weighted by atomic mass is 10.2. The average molecular weight is 266 g/mol. The summed E-state index contributed by atoms with van der Waals surface area (Å²) in [5.74, 6) is -1.53. The fourth-order valence-corrected chi connectivity index (χ4v) is 2.09. The normalized spacial score (nSPS) is 10.6. The van der Waals surface area contributed by atoms with Gasteiger partial charge in [-0.1, -0.05) is 30.3 Å². The minimum atomic E-state index is -1.24. The molecule has 1 aromatic heterocycles. The highest BCUT2D eigenvalue weighted by Crippen LogP contribution is 2.12. The van der Waals surface area contributed by atoms with Gasteiger partial charge in [-0.2, -0.15) is 0 Å². The molecule has 0 radical (unpaired) electrons. The summed E-state index contributed by atoms with van der Waals surface area (Å²) in [6, 6.07) is 15.3. The third kappa shape index (κ3) is 1.85. The summed E-state index contributed by atoms with van der Waals surface area (Å²) >= 11 is 0. The zero-order valence-corrected chi connectivity index (χ0v) is 10.4. The standard InChI is InChI=1S/C15H10N2O3/c18-14-11-8-4-5-9-12(11)16-13(15(19)20)17(14)10-6-2-1-3-7-10/h1-9H,(H,19,20). The van der Waals surface area contributed by atoms with Crippen LogP contribution in [0.5, 0.6) is 0 Å². The van der Waals surface area contributed by atoms with E-state index in [9.17, 15) is 14.7 Å². The molecule has 0 saturated carbocycles. The summed E-state index contributed by atoms with van der Waals surface area (Å²) in [5, 5.41) is 9.68. The van der Waals surface area contributed by atoms with Gasteiger partial charge in [0.15, 0.2) is 0 Å². The number of hydrogen-bond donors (Lipinski definition) is 1. The van der Waals surface area contributed by atoms with Crippen LogP contribution < -0.4 is 5.56 Å². The molecule has 5 heteroatoms. The van der Waals surface area contributed by atoms with E-state index in [4.69, 9.17) is 0 Å². The first-order chi connectivity index (χ1) is 9.68. The van der Waals surface area contributed by atoms with E-state index in [1.807, 2.05) is 0 Å². The van der Waals surface area contributed by atoms with Gasteiger partial charge in [-0.3, -0.25) is 9.36 Å². The van der Waals surface area contributed by atoms with E-state index >= 15 is 0 Å². The number of rotatable bonds is 2. The van der Waals surface area contributed by atoms with Crippen molar-refractivity contribution in [3.05, 3.63) is 70.8 Å². The Morgan fingerprint density at radius 3 is 2.35 bits per heavy atom. The van der Waals surface area contributed by atoms with Gasteiger partial charge in [-0.25, -0.2) is 9.78 Å². The van der Waals surface area contributed by atoms with Crippen molar-refractivity contribution in [1.29, 1.82) is 0 Å². The van der Waals surface area contributed by atoms with Crippen molar-refractivity contribution in [2.24, 2.45) is 0 Å². The number of para-hydroxylation sites is 2. The lowest BCUT2D eigenvalue weighted by Gasteiger charge is -2.10. The Labute approximate surface area is 113 Å². The monoisotopic (exact) mass is 266 g/mol. The maximum Gasteiger partial charge on any atom is 0.372 e. The van der Waals surface area contributed by atoms with Gasteiger partial charge in [0, 0.05) is 0 Å². The van der Waals surface area contributed by atoms with Crippen LogP contribution in [-0.2, 0) is 0 Å². The second kappa shape index (κ2) is 4.62. The molecule has 0 unspecified atom stereocenters. The van der Waals surface area contributed by atoms with Crippen LogP contribution in [0.4, 0.5) is 0 Å². The summed E-state index contributed by atoms with van der Waals surface area (Å²) in [7, 11) is 0. The number of benzene rings is 2. The maximum absolute atomic E-state index is 12.5. The molecule has 0 aliphatic rings. The Balaban J connectivity index is 2.46. The first kappa shape index (κ1) is 12.1. The number of aromatic carboxylic acids is 1. The Bertz CT molecular complexity index is 854. The van der Waals surface area contributed by atoms with Gasteiger partial charge in [0.2, 0.25) is 5.82 Å². The smallest absolute Gasteiger partial charge is 0.372 e. The fourth-order valence-electron chi connectivity index (χ4n) is 2.09. The number of carbonyl (C=O) groups is 1. The van der Waals surface area contributed by atoms with E-state index in [0.717, 1.165) is 4.57 Å². The molecular weight excluding hydrogens is 256 g/mol. The number of carboxylic acids is 1. The van der Waals surface area contributed by atoms with Gasteiger partial charge in [-0.05, 0) is 24.3 Å². The molecule has 3 aromatic rings. The minimum absolute atomic E-state index is 0.292. The van der Waals surface area contributed by atoms with Gasteiger partial charge in [0.25, 0.3) is 5.56 Å². The second-order valence-electron chi connectivity index (χ2n) is 4.23. The van der Waals surface area contributed by atoms with E-state index in [-0.39, 0.29) is 11.4 Å². The highest BCUT2D eigenvalue weighted by Gasteiger charge is 2.17. The molecule has 1 heterocycles. The van der Waals surface area contributed by atoms with Crippen LogP contribution in [0.1, 0.15) is 10.6 Å². The van der Waals surface area contributed by atoms with Crippen LogP contribution in [0.3, 0.4) is 0 Å². The number of hydrogen-bond acceptors (Lipinski definition) is 3. The highest BCUT2D eigenvalue weighted by molar-refractivity contribution is 5.88. The number of aromatic nitrogens is 2. The molecule has 5 nitrogen and oxygen atoms in total. The quantitative estimate of drug-likeness (QED) is 0.770. The van der Waals surface area contributed by atoms with E-state index in [2.05, 4.69) is 4.98 Å². The van der Waals surface area contributed by atoms with E-state index < -0.39 is 5.97 Å². The van der Waals surface area contributed by atoms with E-state index in [1.165, 1.54) is 0 Å². The topological polar surface area (TPSA) is 72.2 Å². The second-order valence-corrected chi connectivity index (χ2v) is 4.23. The first-order valence-electron chi connectivity index (χ1n) is 5.99. The van der Waals surface area contributed by atoms with Crippen molar-refractivity contribution >= 4 is 16.9 Å². The first-order valence-corrected chi connectivity index (χ1v) is 5.99. The lowest BCUT2D eigenvalue weighted by molar-refractivity contribution is 0.0680. The molecule has 98 valence electrons. The van der Waals surface area contributed by atoms with Gasteiger partial charge in [0.05, 0.1) is 16.6 Å². The maximum atomic E-state index is 12.5. The van der Waals surface area contributed by atoms with Crippen molar-refractivity contribution in [3.8, 4) is 5.69 Å². The fraction of sp³-hybridized carbons (Fsp3) is 0. The van der Waals surface area contributed by atoms with Crippen molar-refractivity contribution in [2.45, 2.75) is 0 Å². The number of carboxylic acid groups (broad SMARTS) is 1. The average Bonchev–Trinajstić information content (AvgIpc) is 2.48. The Kier molecular flexibility index (Phi) is 2.80. The highest BCUT2D eigenvalue weighted by atomic mass is 16.4. The van der Waals surface area contributed by atoms with Crippen molar-refractivity contribution in [1.82, 2.24) is 9.55 Å². The zero-order chi connectivity index (χ0) is 14.1. The molecule has 0 aliphatic carbocycles. The van der Waals surface area contributed by atoms with Crippen LogP contribution in [0, 0.1) is 0 Å². The third-order valence-corrected chi connectivity index (χ3v) is 2.98. The summed E-state index contributed by atoms with van der Waals surface area (Å²) in [5.41, 5.74) is 0.467. The Morgan fingerprint density at radius 2 is 1.65 bits per heavy atom. The molecule has 0 bridgehead atoms. The van der Waals surface area contributed by atoms with Gasteiger partial charge in [0.1, 0.15) is 0 Å². The van der Waals surface area contributed by atoms with Crippen LogP contribution in [-0.4, -0.2) is 20.6 Å². The van der Waals surface area contributed by atoms with Crippen LogP contribution in [0.25, 0.3) is 16.6 Å². The van der Waals surface area contributed by atoms with Crippen LogP contribution in [0.2, 0.25) is 0 Å². The predicted octanol–water partition coefficient (Wildman–Crippen LogP) is 2.08.